The number of ether oxygens (including phenoxy) is 2. The Morgan fingerprint density at radius 1 is 1.12 bits per heavy atom. The topological polar surface area (TPSA) is 114 Å². The van der Waals surface area contributed by atoms with Crippen molar-refractivity contribution in [2.24, 2.45) is 0 Å². The summed E-state index contributed by atoms with van der Waals surface area (Å²) in [5.41, 5.74) is 0.484. The normalized spacial score (nSPS) is 14.6. The molecular weight excluding hydrogens is 574 g/mol. The second kappa shape index (κ2) is 12.4. The second-order valence-electron chi connectivity index (χ2n) is 10.5. The van der Waals surface area contributed by atoms with Gasteiger partial charge in [-0.05, 0) is 80.8 Å². The Bertz CT molecular complexity index is 1500. The van der Waals surface area contributed by atoms with E-state index in [1.807, 2.05) is 26.8 Å². The van der Waals surface area contributed by atoms with Crippen molar-refractivity contribution in [3.05, 3.63) is 62.8 Å². The van der Waals surface area contributed by atoms with Crippen molar-refractivity contribution < 1.29 is 27.5 Å². The minimum atomic E-state index is -3.90. The van der Waals surface area contributed by atoms with Crippen LogP contribution in [0.1, 0.15) is 43.0 Å². The zero-order valence-electron chi connectivity index (χ0n) is 23.0. The lowest BCUT2D eigenvalue weighted by molar-refractivity contribution is -0.145. The summed E-state index contributed by atoms with van der Waals surface area (Å²) in [4.78, 5) is 29.1. The molecule has 40 heavy (non-hydrogen) atoms. The summed E-state index contributed by atoms with van der Waals surface area (Å²) in [6.45, 7) is 8.58. The number of carbonyl (C=O) groups excluding carboxylic acids is 2. The molecule has 0 aliphatic carbocycles. The number of hydrogen-bond acceptors (Lipinski definition) is 8. The number of thiophene rings is 1. The fraction of sp³-hybridized carbons (Fsp3) is 0.429. The number of carbonyl (C=O) groups is 2. The summed E-state index contributed by atoms with van der Waals surface area (Å²) in [6, 6.07) is 11.1. The third-order valence-corrected chi connectivity index (χ3v) is 9.12. The molecular formula is C28H34ClN3O6S2. The first-order chi connectivity index (χ1) is 18.8. The van der Waals surface area contributed by atoms with Gasteiger partial charge in [-0.1, -0.05) is 23.7 Å². The van der Waals surface area contributed by atoms with Gasteiger partial charge in [0.15, 0.2) is 0 Å². The Kier molecular flexibility index (Phi) is 9.41. The van der Waals surface area contributed by atoms with E-state index in [2.05, 4.69) is 10.0 Å². The molecule has 216 valence electrons. The number of sulfonamides is 1. The van der Waals surface area contributed by atoms with E-state index in [0.717, 1.165) is 27.6 Å². The van der Waals surface area contributed by atoms with E-state index in [-0.39, 0.29) is 24.1 Å². The van der Waals surface area contributed by atoms with Gasteiger partial charge in [0.2, 0.25) is 10.0 Å². The van der Waals surface area contributed by atoms with Crippen LogP contribution in [0.4, 0.5) is 4.79 Å². The van der Waals surface area contributed by atoms with E-state index in [0.29, 0.717) is 24.7 Å². The third kappa shape index (κ3) is 7.73. The number of nitrogens with zero attached hydrogens (tertiary/aromatic N) is 1. The average molecular weight is 608 g/mol. The molecule has 1 atom stereocenters. The van der Waals surface area contributed by atoms with Crippen LogP contribution in [0.15, 0.2) is 47.4 Å². The molecule has 2 aromatic carbocycles. The highest BCUT2D eigenvalue weighted by atomic mass is 35.5. The molecule has 0 bridgehead atoms. The molecule has 9 nitrogen and oxygen atoms in total. The van der Waals surface area contributed by atoms with Crippen molar-refractivity contribution >= 4 is 55.8 Å². The molecule has 1 aliphatic heterocycles. The number of fused-ring (bicyclic) bond motifs is 2. The smallest absolute Gasteiger partial charge is 0.410 e. The zero-order valence-corrected chi connectivity index (χ0v) is 25.3. The lowest BCUT2D eigenvalue weighted by Crippen LogP contribution is -2.46. The summed E-state index contributed by atoms with van der Waals surface area (Å²) in [5, 5.41) is 5.27. The Balaban J connectivity index is 1.40. The van der Waals surface area contributed by atoms with Crippen LogP contribution in [0.2, 0.25) is 5.02 Å². The van der Waals surface area contributed by atoms with E-state index in [4.69, 9.17) is 21.1 Å². The van der Waals surface area contributed by atoms with Gasteiger partial charge < -0.3 is 14.4 Å². The number of rotatable bonds is 9. The summed E-state index contributed by atoms with van der Waals surface area (Å²) >= 11 is 7.64. The zero-order chi connectivity index (χ0) is 29.1. The van der Waals surface area contributed by atoms with Crippen LogP contribution < -0.4 is 10.0 Å². The Hall–Kier alpha value is -2.70. The van der Waals surface area contributed by atoms with Gasteiger partial charge in [-0.2, -0.15) is 0 Å². The largest absolute Gasteiger partial charge is 0.465 e. The Labute approximate surface area is 243 Å². The van der Waals surface area contributed by atoms with Gasteiger partial charge in [0, 0.05) is 34.4 Å². The van der Waals surface area contributed by atoms with Crippen LogP contribution in [-0.4, -0.2) is 56.7 Å². The number of halogens is 1. The molecule has 0 saturated carbocycles. The standard InChI is InChI=1S/C28H34ClN3O6S2/c1-5-37-26(33)24(16-31-40(35,36)23-9-7-18-12-21(29)8-6-19(18)14-23)30-15-22-13-20-17-32(11-10-25(20)39-22)27(34)38-28(2,3)4/h6-9,12-14,24,30-31H,5,10-11,15-17H2,1-4H3. The number of hydrogen-bond donors (Lipinski definition) is 2. The molecule has 4 rings (SSSR count). The molecule has 2 N–H and O–H groups in total. The highest BCUT2D eigenvalue weighted by Gasteiger charge is 2.28. The molecule has 0 spiro atoms. The third-order valence-electron chi connectivity index (χ3n) is 6.22. The first kappa shape index (κ1) is 30.3. The van der Waals surface area contributed by atoms with Crippen molar-refractivity contribution in [1.29, 1.82) is 0 Å². The fourth-order valence-corrected chi connectivity index (χ4v) is 6.69. The highest BCUT2D eigenvalue weighted by Crippen LogP contribution is 2.29. The van der Waals surface area contributed by atoms with E-state index >= 15 is 0 Å². The van der Waals surface area contributed by atoms with Crippen molar-refractivity contribution in [2.45, 2.75) is 63.7 Å². The van der Waals surface area contributed by atoms with Crippen LogP contribution in [0.5, 0.6) is 0 Å². The minimum absolute atomic E-state index is 0.0883. The van der Waals surface area contributed by atoms with Crippen LogP contribution in [0.3, 0.4) is 0 Å². The number of nitrogens with one attached hydrogen (secondary N) is 2. The molecule has 0 saturated heterocycles. The molecule has 0 fully saturated rings. The van der Waals surface area contributed by atoms with Crippen LogP contribution in [-0.2, 0) is 43.8 Å². The molecule has 3 aromatic rings. The van der Waals surface area contributed by atoms with Gasteiger partial charge in [-0.15, -0.1) is 11.3 Å². The van der Waals surface area contributed by atoms with Crippen LogP contribution in [0, 0.1) is 0 Å². The molecule has 1 unspecified atom stereocenters. The first-order valence-electron chi connectivity index (χ1n) is 13.0. The SMILES string of the molecule is CCOC(=O)C(CNS(=O)(=O)c1ccc2cc(Cl)ccc2c1)NCc1cc2c(s1)CCN(C(=O)OC(C)(C)C)C2. The maximum atomic E-state index is 13.0. The summed E-state index contributed by atoms with van der Waals surface area (Å²) in [5.74, 6) is -0.546. The van der Waals surface area contributed by atoms with Gasteiger partial charge in [0.1, 0.15) is 11.6 Å². The van der Waals surface area contributed by atoms with E-state index in [9.17, 15) is 18.0 Å². The predicted molar refractivity (Wildman–Crippen MR) is 156 cm³/mol. The van der Waals surface area contributed by atoms with Gasteiger partial charge in [-0.25, -0.2) is 17.9 Å². The molecule has 1 aliphatic rings. The van der Waals surface area contributed by atoms with Crippen molar-refractivity contribution in [3.63, 3.8) is 0 Å². The monoisotopic (exact) mass is 607 g/mol. The Morgan fingerprint density at radius 2 is 1.85 bits per heavy atom. The molecule has 12 heteroatoms. The average Bonchev–Trinajstić information content (AvgIpc) is 3.29. The van der Waals surface area contributed by atoms with Gasteiger partial charge >= 0.3 is 12.1 Å². The number of amides is 1. The summed E-state index contributed by atoms with van der Waals surface area (Å²) < 4.78 is 39.3. The Morgan fingerprint density at radius 3 is 2.58 bits per heavy atom. The number of benzene rings is 2. The van der Waals surface area contributed by atoms with E-state index < -0.39 is 27.6 Å². The fourth-order valence-electron chi connectivity index (χ4n) is 4.31. The molecule has 2 heterocycles. The summed E-state index contributed by atoms with van der Waals surface area (Å²) in [7, 11) is -3.90. The summed E-state index contributed by atoms with van der Waals surface area (Å²) in [6.07, 6.45) is 0.382. The minimum Gasteiger partial charge on any atom is -0.465 e. The molecule has 1 aromatic heterocycles. The highest BCUT2D eigenvalue weighted by molar-refractivity contribution is 7.89. The number of esters is 1. The maximum Gasteiger partial charge on any atom is 0.410 e. The van der Waals surface area contributed by atoms with Gasteiger partial charge in [-0.3, -0.25) is 10.1 Å². The maximum absolute atomic E-state index is 13.0. The lowest BCUT2D eigenvalue weighted by atomic mass is 10.1. The second-order valence-corrected chi connectivity index (χ2v) is 13.9. The van der Waals surface area contributed by atoms with Crippen molar-refractivity contribution in [2.75, 3.05) is 19.7 Å². The molecule has 1 amide bonds. The molecule has 0 radical (unpaired) electrons. The van der Waals surface area contributed by atoms with Gasteiger partial charge in [0.05, 0.1) is 18.0 Å². The van der Waals surface area contributed by atoms with Crippen molar-refractivity contribution in [3.8, 4) is 0 Å². The van der Waals surface area contributed by atoms with Crippen molar-refractivity contribution in [1.82, 2.24) is 14.9 Å². The van der Waals surface area contributed by atoms with Gasteiger partial charge in [0.25, 0.3) is 0 Å². The van der Waals surface area contributed by atoms with Crippen LogP contribution >= 0.6 is 22.9 Å². The first-order valence-corrected chi connectivity index (χ1v) is 15.7. The van der Waals surface area contributed by atoms with E-state index in [1.165, 1.54) is 10.9 Å². The predicted octanol–water partition coefficient (Wildman–Crippen LogP) is 4.85. The van der Waals surface area contributed by atoms with Crippen LogP contribution in [0.25, 0.3) is 10.8 Å². The lowest BCUT2D eigenvalue weighted by Gasteiger charge is -2.29. The quantitative estimate of drug-likeness (QED) is 0.334. The van der Waals surface area contributed by atoms with E-state index in [1.54, 1.807) is 53.5 Å².